The van der Waals surface area contributed by atoms with E-state index in [0.717, 1.165) is 24.1 Å². The largest absolute Gasteiger partial charge is 0.358 e. The average Bonchev–Trinajstić information content (AvgIpc) is 3.01. The van der Waals surface area contributed by atoms with Crippen LogP contribution in [0.3, 0.4) is 0 Å². The highest BCUT2D eigenvalue weighted by molar-refractivity contribution is 5.93. The van der Waals surface area contributed by atoms with Gasteiger partial charge in [-0.25, -0.2) is 0 Å². The minimum atomic E-state index is -0.106. The number of carbonyl (C=O) groups is 2. The Morgan fingerprint density at radius 1 is 1.27 bits per heavy atom. The molecule has 26 heavy (non-hydrogen) atoms. The SMILES string of the molecule is CNC(=O)Cn1cc(-c2ccc(NC(=O)C3CC4(CCC4)C3)cn2)cn1. The molecule has 7 heteroatoms. The summed E-state index contributed by atoms with van der Waals surface area (Å²) < 4.78 is 1.57. The predicted molar refractivity (Wildman–Crippen MR) is 97.2 cm³/mol. The molecular weight excluding hydrogens is 330 g/mol. The summed E-state index contributed by atoms with van der Waals surface area (Å²) in [6.07, 6.45) is 11.1. The van der Waals surface area contributed by atoms with E-state index in [1.165, 1.54) is 19.3 Å². The predicted octanol–water partition coefficient (Wildman–Crippen LogP) is 2.21. The summed E-state index contributed by atoms with van der Waals surface area (Å²) in [5.41, 5.74) is 2.80. The Morgan fingerprint density at radius 2 is 2.08 bits per heavy atom. The van der Waals surface area contributed by atoms with Crippen molar-refractivity contribution < 1.29 is 9.59 Å². The van der Waals surface area contributed by atoms with Crippen molar-refractivity contribution in [1.29, 1.82) is 0 Å². The van der Waals surface area contributed by atoms with Gasteiger partial charge in [0.25, 0.3) is 0 Å². The summed E-state index contributed by atoms with van der Waals surface area (Å²) in [6.45, 7) is 0.174. The summed E-state index contributed by atoms with van der Waals surface area (Å²) >= 11 is 0. The minimum Gasteiger partial charge on any atom is -0.358 e. The number of hydrogen-bond donors (Lipinski definition) is 2. The number of anilines is 1. The molecule has 7 nitrogen and oxygen atoms in total. The van der Waals surface area contributed by atoms with Crippen molar-refractivity contribution in [3.8, 4) is 11.3 Å². The molecule has 2 aromatic heterocycles. The number of carbonyl (C=O) groups excluding carboxylic acids is 2. The first-order valence-electron chi connectivity index (χ1n) is 9.07. The molecule has 0 radical (unpaired) electrons. The van der Waals surface area contributed by atoms with Crippen molar-refractivity contribution in [2.24, 2.45) is 11.3 Å². The molecule has 2 fully saturated rings. The molecule has 136 valence electrons. The van der Waals surface area contributed by atoms with Crippen LogP contribution in [-0.4, -0.2) is 33.6 Å². The highest BCUT2D eigenvalue weighted by Crippen LogP contribution is 2.58. The van der Waals surface area contributed by atoms with Crippen LogP contribution in [0.25, 0.3) is 11.3 Å². The third kappa shape index (κ3) is 3.21. The minimum absolute atomic E-state index is 0.106. The second-order valence-electron chi connectivity index (χ2n) is 7.48. The van der Waals surface area contributed by atoms with Crippen LogP contribution >= 0.6 is 0 Å². The van der Waals surface area contributed by atoms with Gasteiger partial charge in [0.1, 0.15) is 6.54 Å². The van der Waals surface area contributed by atoms with Gasteiger partial charge in [0, 0.05) is 24.7 Å². The topological polar surface area (TPSA) is 88.9 Å². The highest BCUT2D eigenvalue weighted by Gasteiger charge is 2.50. The molecule has 1 spiro atoms. The van der Waals surface area contributed by atoms with Crippen molar-refractivity contribution in [1.82, 2.24) is 20.1 Å². The molecule has 0 bridgehead atoms. The molecule has 2 aliphatic carbocycles. The number of aromatic nitrogens is 3. The number of nitrogens with one attached hydrogen (secondary N) is 2. The Morgan fingerprint density at radius 3 is 2.69 bits per heavy atom. The lowest BCUT2D eigenvalue weighted by Gasteiger charge is -2.53. The monoisotopic (exact) mass is 353 g/mol. The third-order valence-corrected chi connectivity index (χ3v) is 5.69. The van der Waals surface area contributed by atoms with Crippen LogP contribution in [0.4, 0.5) is 5.69 Å². The fourth-order valence-electron chi connectivity index (χ4n) is 3.95. The Balaban J connectivity index is 1.35. The fraction of sp³-hybridized carbons (Fsp3) is 0.474. The van der Waals surface area contributed by atoms with Crippen LogP contribution in [0, 0.1) is 11.3 Å². The van der Waals surface area contributed by atoms with E-state index in [1.807, 2.05) is 12.1 Å². The zero-order valence-electron chi connectivity index (χ0n) is 14.9. The van der Waals surface area contributed by atoms with Crippen LogP contribution in [0.2, 0.25) is 0 Å². The van der Waals surface area contributed by atoms with Gasteiger partial charge in [-0.3, -0.25) is 19.3 Å². The molecule has 4 rings (SSSR count). The quantitative estimate of drug-likeness (QED) is 0.862. The number of rotatable bonds is 5. The van der Waals surface area contributed by atoms with Crippen molar-refractivity contribution in [3.05, 3.63) is 30.7 Å². The van der Waals surface area contributed by atoms with E-state index in [1.54, 1.807) is 30.3 Å². The van der Waals surface area contributed by atoms with Gasteiger partial charge in [0.2, 0.25) is 11.8 Å². The number of pyridine rings is 1. The molecule has 2 amide bonds. The molecular formula is C19H23N5O2. The highest BCUT2D eigenvalue weighted by atomic mass is 16.2. The summed E-state index contributed by atoms with van der Waals surface area (Å²) in [5.74, 6) is 0.152. The van der Waals surface area contributed by atoms with Gasteiger partial charge < -0.3 is 10.6 Å². The number of nitrogens with zero attached hydrogens (tertiary/aromatic N) is 3. The molecule has 0 saturated heterocycles. The van der Waals surface area contributed by atoms with Crippen LogP contribution in [0.1, 0.15) is 32.1 Å². The van der Waals surface area contributed by atoms with Gasteiger partial charge >= 0.3 is 0 Å². The molecule has 2 aliphatic rings. The van der Waals surface area contributed by atoms with E-state index in [2.05, 4.69) is 20.7 Å². The van der Waals surface area contributed by atoms with Gasteiger partial charge in [0.05, 0.1) is 23.8 Å². The Kier molecular flexibility index (Phi) is 4.22. The normalized spacial score (nSPS) is 18.0. The van der Waals surface area contributed by atoms with Gasteiger partial charge in [-0.2, -0.15) is 5.10 Å². The molecule has 0 atom stereocenters. The van der Waals surface area contributed by atoms with Gasteiger partial charge in [-0.1, -0.05) is 6.42 Å². The maximum Gasteiger partial charge on any atom is 0.241 e. The third-order valence-electron chi connectivity index (χ3n) is 5.69. The van der Waals surface area contributed by atoms with E-state index < -0.39 is 0 Å². The van der Waals surface area contributed by atoms with Crippen molar-refractivity contribution >= 4 is 17.5 Å². The standard InChI is InChI=1S/C19H23N5O2/c1-20-17(25)12-24-11-14(9-22-24)16-4-3-15(10-21-16)23-18(26)13-7-19(8-13)5-2-6-19/h3-4,9-11,13H,2,5-8,12H2,1H3,(H,20,25)(H,23,26). The van der Waals surface area contributed by atoms with E-state index in [4.69, 9.17) is 0 Å². The lowest BCUT2D eigenvalue weighted by molar-refractivity contribution is -0.131. The van der Waals surface area contributed by atoms with Crippen molar-refractivity contribution in [2.75, 3.05) is 12.4 Å². The first-order valence-corrected chi connectivity index (χ1v) is 9.07. The first kappa shape index (κ1) is 16.8. The number of likely N-dealkylation sites (N-methyl/N-ethyl adjacent to an activating group) is 1. The zero-order valence-corrected chi connectivity index (χ0v) is 14.9. The molecule has 2 saturated carbocycles. The zero-order chi connectivity index (χ0) is 18.1. The van der Waals surface area contributed by atoms with E-state index in [0.29, 0.717) is 11.1 Å². The van der Waals surface area contributed by atoms with E-state index in [-0.39, 0.29) is 24.3 Å². The summed E-state index contributed by atoms with van der Waals surface area (Å²) in [7, 11) is 1.59. The Hall–Kier alpha value is -2.70. The number of amides is 2. The number of hydrogen-bond acceptors (Lipinski definition) is 4. The van der Waals surface area contributed by atoms with Gasteiger partial charge in [0.15, 0.2) is 0 Å². The Bertz CT molecular complexity index is 815. The lowest BCUT2D eigenvalue weighted by atomic mass is 9.51. The summed E-state index contributed by atoms with van der Waals surface area (Å²) in [5, 5.41) is 9.70. The second-order valence-corrected chi connectivity index (χ2v) is 7.48. The van der Waals surface area contributed by atoms with Crippen LogP contribution in [0.5, 0.6) is 0 Å². The van der Waals surface area contributed by atoms with Gasteiger partial charge in [-0.05, 0) is 43.2 Å². The average molecular weight is 353 g/mol. The molecule has 0 aliphatic heterocycles. The molecule has 0 unspecified atom stereocenters. The lowest BCUT2D eigenvalue weighted by Crippen LogP contribution is -2.47. The van der Waals surface area contributed by atoms with Crippen LogP contribution in [0.15, 0.2) is 30.7 Å². The molecule has 0 aromatic carbocycles. The maximum atomic E-state index is 12.3. The summed E-state index contributed by atoms with van der Waals surface area (Å²) in [4.78, 5) is 28.1. The Labute approximate surface area is 152 Å². The smallest absolute Gasteiger partial charge is 0.241 e. The van der Waals surface area contributed by atoms with E-state index in [9.17, 15) is 9.59 Å². The maximum absolute atomic E-state index is 12.3. The van der Waals surface area contributed by atoms with Gasteiger partial charge in [-0.15, -0.1) is 0 Å². The molecule has 2 heterocycles. The second kappa shape index (κ2) is 6.55. The van der Waals surface area contributed by atoms with Crippen molar-refractivity contribution in [2.45, 2.75) is 38.6 Å². The summed E-state index contributed by atoms with van der Waals surface area (Å²) in [6, 6.07) is 3.71. The molecule has 2 aromatic rings. The molecule has 2 N–H and O–H groups in total. The van der Waals surface area contributed by atoms with Crippen molar-refractivity contribution in [3.63, 3.8) is 0 Å². The van der Waals surface area contributed by atoms with Crippen LogP contribution < -0.4 is 10.6 Å². The first-order chi connectivity index (χ1) is 12.6. The fourth-order valence-corrected chi connectivity index (χ4v) is 3.95. The van der Waals surface area contributed by atoms with Crippen LogP contribution in [-0.2, 0) is 16.1 Å². The van der Waals surface area contributed by atoms with E-state index >= 15 is 0 Å².